The van der Waals surface area contributed by atoms with Gasteiger partial charge in [0.15, 0.2) is 5.96 Å². The van der Waals surface area contributed by atoms with Crippen molar-refractivity contribution >= 4 is 29.9 Å². The number of methoxy groups -OCH3 is 1. The van der Waals surface area contributed by atoms with E-state index in [0.717, 1.165) is 89.9 Å². The molecule has 0 bridgehead atoms. The second-order valence-corrected chi connectivity index (χ2v) is 7.43. The van der Waals surface area contributed by atoms with E-state index in [4.69, 9.17) is 18.9 Å². The third kappa shape index (κ3) is 8.26. The lowest BCUT2D eigenvalue weighted by molar-refractivity contribution is 0.128. The van der Waals surface area contributed by atoms with Crippen LogP contribution in [-0.2, 0) is 15.9 Å². The van der Waals surface area contributed by atoms with Crippen molar-refractivity contribution in [1.29, 1.82) is 0 Å². The summed E-state index contributed by atoms with van der Waals surface area (Å²) in [4.78, 5) is 7.31. The SMILES string of the molecule is COCCN1CCC(NC(=NCC2CCOC2)NCCc2ccco2)CC1.I. The topological polar surface area (TPSA) is 71.3 Å². The van der Waals surface area contributed by atoms with Crippen LogP contribution < -0.4 is 10.6 Å². The molecule has 0 amide bonds. The van der Waals surface area contributed by atoms with Crippen LogP contribution >= 0.6 is 24.0 Å². The number of piperidine rings is 1. The lowest BCUT2D eigenvalue weighted by Gasteiger charge is -2.33. The van der Waals surface area contributed by atoms with Gasteiger partial charge in [0.2, 0.25) is 0 Å². The number of likely N-dealkylation sites (tertiary alicyclic amines) is 1. The molecule has 28 heavy (non-hydrogen) atoms. The van der Waals surface area contributed by atoms with Crippen molar-refractivity contribution < 1.29 is 13.9 Å². The second-order valence-electron chi connectivity index (χ2n) is 7.43. The number of furan rings is 1. The third-order valence-electron chi connectivity index (χ3n) is 5.32. The Morgan fingerprint density at radius 1 is 1.32 bits per heavy atom. The molecule has 1 atom stereocenters. The minimum absolute atomic E-state index is 0. The van der Waals surface area contributed by atoms with Crippen LogP contribution in [-0.4, -0.2) is 76.6 Å². The summed E-state index contributed by atoms with van der Waals surface area (Å²) in [6, 6.07) is 4.41. The molecule has 0 saturated carbocycles. The maximum atomic E-state index is 5.48. The first-order valence-corrected chi connectivity index (χ1v) is 10.2. The molecule has 2 aliphatic heterocycles. The average Bonchev–Trinajstić information content (AvgIpc) is 3.39. The highest BCUT2D eigenvalue weighted by molar-refractivity contribution is 14.0. The van der Waals surface area contributed by atoms with Crippen LogP contribution in [0, 0.1) is 5.92 Å². The summed E-state index contributed by atoms with van der Waals surface area (Å²) in [5, 5.41) is 7.13. The zero-order valence-corrected chi connectivity index (χ0v) is 19.2. The van der Waals surface area contributed by atoms with E-state index in [1.165, 1.54) is 0 Å². The Bertz CT molecular complexity index is 542. The minimum Gasteiger partial charge on any atom is -0.469 e. The van der Waals surface area contributed by atoms with Gasteiger partial charge in [-0.15, -0.1) is 24.0 Å². The van der Waals surface area contributed by atoms with E-state index in [-0.39, 0.29) is 24.0 Å². The molecule has 8 heteroatoms. The van der Waals surface area contributed by atoms with E-state index in [0.29, 0.717) is 12.0 Å². The number of halogens is 1. The largest absolute Gasteiger partial charge is 0.469 e. The molecule has 0 aliphatic carbocycles. The molecule has 0 aromatic carbocycles. The first kappa shape index (κ1) is 23.4. The molecular weight excluding hydrogens is 471 g/mol. The Morgan fingerprint density at radius 3 is 2.86 bits per heavy atom. The molecule has 3 rings (SSSR count). The van der Waals surface area contributed by atoms with Crippen LogP contribution in [0.4, 0.5) is 0 Å². The van der Waals surface area contributed by atoms with Gasteiger partial charge in [0.1, 0.15) is 5.76 Å². The van der Waals surface area contributed by atoms with E-state index in [1.807, 2.05) is 12.1 Å². The van der Waals surface area contributed by atoms with Crippen LogP contribution in [0.25, 0.3) is 0 Å². The molecule has 1 unspecified atom stereocenters. The molecule has 1 aromatic heterocycles. The summed E-state index contributed by atoms with van der Waals surface area (Å²) < 4.78 is 16.1. The molecule has 7 nitrogen and oxygen atoms in total. The highest BCUT2D eigenvalue weighted by atomic mass is 127. The summed E-state index contributed by atoms with van der Waals surface area (Å²) >= 11 is 0. The fourth-order valence-corrected chi connectivity index (χ4v) is 3.57. The van der Waals surface area contributed by atoms with Crippen molar-refractivity contribution in [3.8, 4) is 0 Å². The van der Waals surface area contributed by atoms with Gasteiger partial charge in [-0.1, -0.05) is 0 Å². The van der Waals surface area contributed by atoms with Gasteiger partial charge >= 0.3 is 0 Å². The van der Waals surface area contributed by atoms with Crippen molar-refractivity contribution in [2.24, 2.45) is 10.9 Å². The minimum atomic E-state index is 0. The summed E-state index contributed by atoms with van der Waals surface area (Å²) in [7, 11) is 1.76. The van der Waals surface area contributed by atoms with Crippen LogP contribution in [0.15, 0.2) is 27.8 Å². The number of ether oxygens (including phenoxy) is 2. The Kier molecular flexibility index (Phi) is 11.2. The van der Waals surface area contributed by atoms with Gasteiger partial charge in [-0.2, -0.15) is 0 Å². The molecule has 0 spiro atoms. The fourth-order valence-electron chi connectivity index (χ4n) is 3.57. The van der Waals surface area contributed by atoms with Gasteiger partial charge < -0.3 is 29.4 Å². The van der Waals surface area contributed by atoms with E-state index in [1.54, 1.807) is 13.4 Å². The Hall–Kier alpha value is -0.840. The number of rotatable bonds is 9. The van der Waals surface area contributed by atoms with Crippen molar-refractivity contribution in [3.05, 3.63) is 24.2 Å². The summed E-state index contributed by atoms with van der Waals surface area (Å²) in [5.74, 6) is 2.46. The lowest BCUT2D eigenvalue weighted by atomic mass is 10.1. The first-order chi connectivity index (χ1) is 13.3. The zero-order valence-electron chi connectivity index (χ0n) is 16.9. The smallest absolute Gasteiger partial charge is 0.191 e. The van der Waals surface area contributed by atoms with Gasteiger partial charge in [-0.3, -0.25) is 4.99 Å². The van der Waals surface area contributed by atoms with Gasteiger partial charge in [0.25, 0.3) is 0 Å². The highest BCUT2D eigenvalue weighted by Crippen LogP contribution is 2.13. The van der Waals surface area contributed by atoms with Crippen molar-refractivity contribution in [3.63, 3.8) is 0 Å². The van der Waals surface area contributed by atoms with Crippen LogP contribution in [0.5, 0.6) is 0 Å². The fraction of sp³-hybridized carbons (Fsp3) is 0.750. The maximum absolute atomic E-state index is 5.48. The predicted molar refractivity (Wildman–Crippen MR) is 122 cm³/mol. The van der Waals surface area contributed by atoms with E-state index in [2.05, 4.69) is 15.5 Å². The summed E-state index contributed by atoms with van der Waals surface area (Å²) in [6.07, 6.45) is 5.96. The van der Waals surface area contributed by atoms with Gasteiger partial charge in [0, 0.05) is 64.8 Å². The Balaban J connectivity index is 0.00000280. The van der Waals surface area contributed by atoms with E-state index >= 15 is 0 Å². The Labute approximate surface area is 185 Å². The molecule has 3 heterocycles. The standard InChI is InChI=1S/C20H34N4O3.HI/c1-25-14-11-24-9-5-18(6-10-24)23-20(22-15-17-7-13-26-16-17)21-8-4-19-3-2-12-27-19;/h2-3,12,17-18H,4-11,13-16H2,1H3,(H2,21,22,23);1H. The number of nitrogens with one attached hydrogen (secondary N) is 2. The molecule has 2 saturated heterocycles. The lowest BCUT2D eigenvalue weighted by Crippen LogP contribution is -2.49. The normalized spacial score (nSPS) is 21.5. The van der Waals surface area contributed by atoms with Crippen LogP contribution in [0.3, 0.4) is 0 Å². The highest BCUT2D eigenvalue weighted by Gasteiger charge is 2.20. The molecule has 1 aromatic rings. The summed E-state index contributed by atoms with van der Waals surface area (Å²) in [6.45, 7) is 7.38. The quantitative estimate of drug-likeness (QED) is 0.304. The third-order valence-corrected chi connectivity index (χ3v) is 5.32. The molecule has 0 radical (unpaired) electrons. The summed E-state index contributed by atoms with van der Waals surface area (Å²) in [5.41, 5.74) is 0. The second kappa shape index (κ2) is 13.4. The Morgan fingerprint density at radius 2 is 2.18 bits per heavy atom. The number of guanidine groups is 1. The van der Waals surface area contributed by atoms with Crippen molar-refractivity contribution in [2.75, 3.05) is 59.7 Å². The predicted octanol–water partition coefficient (Wildman–Crippen LogP) is 2.12. The molecule has 2 N–H and O–H groups in total. The first-order valence-electron chi connectivity index (χ1n) is 10.2. The number of nitrogens with zero attached hydrogens (tertiary/aromatic N) is 2. The van der Waals surface area contributed by atoms with Gasteiger partial charge in [-0.05, 0) is 31.4 Å². The monoisotopic (exact) mass is 506 g/mol. The number of aliphatic imine (C=N–C) groups is 1. The van der Waals surface area contributed by atoms with Gasteiger partial charge in [0.05, 0.1) is 19.5 Å². The van der Waals surface area contributed by atoms with Gasteiger partial charge in [-0.25, -0.2) is 0 Å². The number of hydrogen-bond acceptors (Lipinski definition) is 5. The zero-order chi connectivity index (χ0) is 18.7. The van der Waals surface area contributed by atoms with E-state index < -0.39 is 0 Å². The number of hydrogen-bond donors (Lipinski definition) is 2. The molecule has 160 valence electrons. The van der Waals surface area contributed by atoms with E-state index in [9.17, 15) is 0 Å². The maximum Gasteiger partial charge on any atom is 0.191 e. The molecule has 2 fully saturated rings. The van der Waals surface area contributed by atoms with Crippen molar-refractivity contribution in [2.45, 2.75) is 31.7 Å². The molecular formula is C20H35IN4O3. The van der Waals surface area contributed by atoms with Crippen molar-refractivity contribution in [1.82, 2.24) is 15.5 Å². The van der Waals surface area contributed by atoms with Crippen LogP contribution in [0.1, 0.15) is 25.0 Å². The van der Waals surface area contributed by atoms with Crippen LogP contribution in [0.2, 0.25) is 0 Å². The molecule has 2 aliphatic rings. The average molecular weight is 506 g/mol.